The van der Waals surface area contributed by atoms with Crippen molar-refractivity contribution >= 4 is 17.5 Å². The van der Waals surface area contributed by atoms with E-state index in [1.807, 2.05) is 0 Å². The van der Waals surface area contributed by atoms with E-state index in [1.165, 1.54) is 7.11 Å². The second kappa shape index (κ2) is 6.51. The van der Waals surface area contributed by atoms with Crippen LogP contribution in [0.4, 0.5) is 8.78 Å². The molecule has 0 saturated carbocycles. The first-order chi connectivity index (χ1) is 8.08. The minimum atomic E-state index is -0.783. The summed E-state index contributed by atoms with van der Waals surface area (Å²) in [6.45, 7) is 0.201. The number of nitrogens with one attached hydrogen (secondary N) is 1. The Hall–Kier alpha value is -1.20. The van der Waals surface area contributed by atoms with Gasteiger partial charge in [-0.2, -0.15) is 0 Å². The van der Waals surface area contributed by atoms with Gasteiger partial charge < -0.3 is 10.1 Å². The quantitative estimate of drug-likeness (QED) is 0.825. The molecule has 1 atom stereocenters. The number of ether oxygens (including phenoxy) is 1. The second-order valence-corrected chi connectivity index (χ2v) is 3.71. The lowest BCUT2D eigenvalue weighted by Gasteiger charge is -2.15. The van der Waals surface area contributed by atoms with Crippen molar-refractivity contribution in [3.63, 3.8) is 0 Å². The fourth-order valence-electron chi connectivity index (χ4n) is 1.26. The maximum absolute atomic E-state index is 13.3. The van der Waals surface area contributed by atoms with Crippen LogP contribution in [-0.4, -0.2) is 31.5 Å². The molecule has 17 heavy (non-hydrogen) atoms. The third-order valence-corrected chi connectivity index (χ3v) is 2.43. The summed E-state index contributed by atoms with van der Waals surface area (Å²) in [6.07, 6.45) is 0. The van der Waals surface area contributed by atoms with E-state index in [9.17, 15) is 13.6 Å². The number of benzene rings is 1. The van der Waals surface area contributed by atoms with Gasteiger partial charge in [0.25, 0.3) is 5.91 Å². The number of rotatable bonds is 5. The van der Waals surface area contributed by atoms with Gasteiger partial charge in [-0.05, 0) is 18.2 Å². The average molecular weight is 264 g/mol. The Morgan fingerprint density at radius 2 is 2.24 bits per heavy atom. The van der Waals surface area contributed by atoms with E-state index in [4.69, 9.17) is 16.3 Å². The monoisotopic (exact) mass is 263 g/mol. The Balaban J connectivity index is 2.78. The zero-order valence-corrected chi connectivity index (χ0v) is 9.93. The Kier molecular flexibility index (Phi) is 5.31. The van der Waals surface area contributed by atoms with Crippen molar-refractivity contribution in [3.8, 4) is 0 Å². The van der Waals surface area contributed by atoms with Crippen LogP contribution in [0.15, 0.2) is 18.2 Å². The molecule has 3 nitrogen and oxygen atoms in total. The largest absolute Gasteiger partial charge is 0.383 e. The molecule has 0 spiro atoms. The molecular formula is C11H12ClF2NO2. The normalized spacial score (nSPS) is 12.2. The van der Waals surface area contributed by atoms with E-state index >= 15 is 0 Å². The first kappa shape index (κ1) is 13.9. The second-order valence-electron chi connectivity index (χ2n) is 3.40. The lowest BCUT2D eigenvalue weighted by molar-refractivity contribution is 0.0902. The highest BCUT2D eigenvalue weighted by Gasteiger charge is 2.16. The van der Waals surface area contributed by atoms with Crippen LogP contribution in [0.1, 0.15) is 10.4 Å². The van der Waals surface area contributed by atoms with Crippen molar-refractivity contribution < 1.29 is 18.3 Å². The maximum Gasteiger partial charge on any atom is 0.254 e. The van der Waals surface area contributed by atoms with Gasteiger partial charge in [0.1, 0.15) is 11.6 Å². The van der Waals surface area contributed by atoms with E-state index in [2.05, 4.69) is 5.32 Å². The lowest BCUT2D eigenvalue weighted by atomic mass is 10.2. The Labute approximate surface area is 103 Å². The van der Waals surface area contributed by atoms with Gasteiger partial charge in [-0.15, -0.1) is 11.6 Å². The van der Waals surface area contributed by atoms with Gasteiger partial charge >= 0.3 is 0 Å². The van der Waals surface area contributed by atoms with Crippen LogP contribution in [-0.2, 0) is 4.74 Å². The van der Waals surface area contributed by atoms with Gasteiger partial charge in [-0.1, -0.05) is 0 Å². The molecule has 0 aliphatic rings. The predicted molar refractivity (Wildman–Crippen MR) is 60.2 cm³/mol. The average Bonchev–Trinajstić information content (AvgIpc) is 2.31. The van der Waals surface area contributed by atoms with Gasteiger partial charge in [0, 0.05) is 13.0 Å². The molecule has 94 valence electrons. The zero-order chi connectivity index (χ0) is 12.8. The molecule has 0 aliphatic carbocycles. The summed E-state index contributed by atoms with van der Waals surface area (Å²) in [5, 5.41) is 2.45. The molecule has 1 aromatic rings. The number of methoxy groups -OCH3 is 1. The van der Waals surface area contributed by atoms with E-state index in [1.54, 1.807) is 0 Å². The minimum absolute atomic E-state index is 0.122. The van der Waals surface area contributed by atoms with E-state index < -0.39 is 23.6 Å². The molecule has 0 saturated heterocycles. The summed E-state index contributed by atoms with van der Waals surface area (Å²) >= 11 is 5.59. The van der Waals surface area contributed by atoms with Gasteiger partial charge in [0.2, 0.25) is 0 Å². The van der Waals surface area contributed by atoms with Gasteiger partial charge in [-0.25, -0.2) is 8.78 Å². The molecule has 1 aromatic carbocycles. The van der Waals surface area contributed by atoms with Gasteiger partial charge in [0.15, 0.2) is 0 Å². The van der Waals surface area contributed by atoms with E-state index in [0.717, 1.165) is 18.2 Å². The smallest absolute Gasteiger partial charge is 0.254 e. The third kappa shape index (κ3) is 3.94. The first-order valence-corrected chi connectivity index (χ1v) is 5.42. The minimum Gasteiger partial charge on any atom is -0.383 e. The standard InChI is InChI=1S/C11H12ClF2NO2/c1-17-6-8(5-12)15-11(16)9-4-7(13)2-3-10(9)14/h2-4,8H,5-6H2,1H3,(H,15,16). The summed E-state index contributed by atoms with van der Waals surface area (Å²) in [7, 11) is 1.45. The topological polar surface area (TPSA) is 38.3 Å². The van der Waals surface area contributed by atoms with Crippen molar-refractivity contribution in [2.45, 2.75) is 6.04 Å². The SMILES string of the molecule is COCC(CCl)NC(=O)c1cc(F)ccc1F. The van der Waals surface area contributed by atoms with Crippen LogP contribution >= 0.6 is 11.6 Å². The van der Waals surface area contributed by atoms with Gasteiger partial charge in [-0.3, -0.25) is 4.79 Å². The number of carbonyl (C=O) groups excluding carboxylic acids is 1. The highest BCUT2D eigenvalue weighted by Crippen LogP contribution is 2.09. The molecule has 0 heterocycles. The number of hydrogen-bond donors (Lipinski definition) is 1. The highest BCUT2D eigenvalue weighted by atomic mass is 35.5. The van der Waals surface area contributed by atoms with Crippen LogP contribution in [0.3, 0.4) is 0 Å². The number of alkyl halides is 1. The maximum atomic E-state index is 13.3. The summed E-state index contributed by atoms with van der Waals surface area (Å²) in [5.74, 6) is -2.05. The number of hydrogen-bond acceptors (Lipinski definition) is 2. The molecule has 0 aromatic heterocycles. The summed E-state index contributed by atoms with van der Waals surface area (Å²) in [4.78, 5) is 11.6. The molecule has 0 fully saturated rings. The molecule has 1 rings (SSSR count). The van der Waals surface area contributed by atoms with Crippen molar-refractivity contribution in [2.75, 3.05) is 19.6 Å². The molecule has 0 radical (unpaired) electrons. The van der Waals surface area contributed by atoms with E-state index in [0.29, 0.717) is 0 Å². The summed E-state index contributed by atoms with van der Waals surface area (Å²) in [6, 6.07) is 2.23. The van der Waals surface area contributed by atoms with Crippen LogP contribution in [0.5, 0.6) is 0 Å². The van der Waals surface area contributed by atoms with Crippen molar-refractivity contribution in [3.05, 3.63) is 35.4 Å². The fourth-order valence-corrected chi connectivity index (χ4v) is 1.43. The highest BCUT2D eigenvalue weighted by molar-refractivity contribution is 6.18. The van der Waals surface area contributed by atoms with Crippen molar-refractivity contribution in [1.29, 1.82) is 0 Å². The Morgan fingerprint density at radius 3 is 2.82 bits per heavy atom. The molecule has 0 aliphatic heterocycles. The third-order valence-electron chi connectivity index (χ3n) is 2.06. The van der Waals surface area contributed by atoms with Crippen molar-refractivity contribution in [1.82, 2.24) is 5.32 Å². The number of amides is 1. The fraction of sp³-hybridized carbons (Fsp3) is 0.364. The summed E-state index contributed by atoms with van der Waals surface area (Å²) in [5.41, 5.74) is -0.351. The molecule has 6 heteroatoms. The Morgan fingerprint density at radius 1 is 1.53 bits per heavy atom. The molecule has 1 amide bonds. The van der Waals surface area contributed by atoms with Crippen LogP contribution in [0.25, 0.3) is 0 Å². The molecule has 1 N–H and O–H groups in total. The zero-order valence-electron chi connectivity index (χ0n) is 9.17. The van der Waals surface area contributed by atoms with Gasteiger partial charge in [0.05, 0.1) is 18.2 Å². The van der Waals surface area contributed by atoms with Crippen LogP contribution < -0.4 is 5.32 Å². The molecular weight excluding hydrogens is 252 g/mol. The number of halogens is 3. The van der Waals surface area contributed by atoms with Crippen LogP contribution in [0, 0.1) is 11.6 Å². The predicted octanol–water partition coefficient (Wildman–Crippen LogP) is 1.95. The molecule has 1 unspecified atom stereocenters. The molecule has 0 bridgehead atoms. The van der Waals surface area contributed by atoms with Crippen molar-refractivity contribution in [2.24, 2.45) is 0 Å². The first-order valence-electron chi connectivity index (χ1n) is 4.89. The summed E-state index contributed by atoms with van der Waals surface area (Å²) < 4.78 is 31.0. The number of carbonyl (C=O) groups is 1. The van der Waals surface area contributed by atoms with Crippen LogP contribution in [0.2, 0.25) is 0 Å². The lowest BCUT2D eigenvalue weighted by Crippen LogP contribution is -2.39. The Bertz CT molecular complexity index is 401. The van der Waals surface area contributed by atoms with E-state index in [-0.39, 0.29) is 18.1 Å².